The van der Waals surface area contributed by atoms with Gasteiger partial charge in [-0.25, -0.2) is 18.2 Å². The number of carbonyl (C=O) groups excluding carboxylic acids is 1. The molecule has 31 heavy (non-hydrogen) atoms. The van der Waals surface area contributed by atoms with E-state index < -0.39 is 29.8 Å². The van der Waals surface area contributed by atoms with Crippen LogP contribution in [0.15, 0.2) is 29.8 Å². The Hall–Kier alpha value is -2.72. The first-order valence-corrected chi connectivity index (χ1v) is 10.9. The van der Waals surface area contributed by atoms with Gasteiger partial charge >= 0.3 is 0 Å². The fraction of sp³-hybridized carbons (Fsp3) is 0.381. The number of anilines is 1. The molecule has 10 heteroatoms. The topological polar surface area (TPSA) is 85.8 Å². The third-order valence-electron chi connectivity index (χ3n) is 5.64. The van der Waals surface area contributed by atoms with Crippen molar-refractivity contribution in [3.63, 3.8) is 0 Å². The van der Waals surface area contributed by atoms with Crippen LogP contribution >= 0.6 is 11.3 Å². The van der Waals surface area contributed by atoms with E-state index in [0.29, 0.717) is 31.4 Å². The molecule has 2 aromatic heterocycles. The molecule has 3 atom stereocenters. The quantitative estimate of drug-likeness (QED) is 0.578. The molecule has 164 valence electrons. The predicted octanol–water partition coefficient (Wildman–Crippen LogP) is 4.40. The number of nitrogens with two attached hydrogens (primary N) is 1. The van der Waals surface area contributed by atoms with Crippen LogP contribution in [0.5, 0.6) is 0 Å². The minimum Gasteiger partial charge on any atom is -0.325 e. The summed E-state index contributed by atoms with van der Waals surface area (Å²) < 4.78 is 43.7. The monoisotopic (exact) mass is 449 g/mol. The number of benzene rings is 1. The van der Waals surface area contributed by atoms with E-state index in [9.17, 15) is 18.0 Å². The van der Waals surface area contributed by atoms with Crippen molar-refractivity contribution in [2.75, 3.05) is 5.32 Å². The molecule has 4 rings (SSSR count). The third kappa shape index (κ3) is 4.35. The van der Waals surface area contributed by atoms with Gasteiger partial charge in [-0.1, -0.05) is 6.07 Å². The molecule has 0 aliphatic heterocycles. The van der Waals surface area contributed by atoms with Crippen molar-refractivity contribution in [2.24, 2.45) is 12.8 Å². The second kappa shape index (κ2) is 8.80. The highest BCUT2D eigenvalue weighted by atomic mass is 32.1. The molecule has 1 aliphatic carbocycles. The molecule has 3 aromatic rings. The fourth-order valence-corrected chi connectivity index (χ4v) is 4.82. The number of carbonyl (C=O) groups is 1. The van der Waals surface area contributed by atoms with Crippen molar-refractivity contribution in [3.05, 3.63) is 52.8 Å². The molecule has 1 aromatic carbocycles. The number of aromatic nitrogens is 3. The molecule has 1 fully saturated rings. The number of amides is 1. The van der Waals surface area contributed by atoms with Crippen LogP contribution < -0.4 is 11.1 Å². The first-order chi connectivity index (χ1) is 14.8. The lowest BCUT2D eigenvalue weighted by molar-refractivity contribution is 0.102. The van der Waals surface area contributed by atoms with Crippen LogP contribution in [0.3, 0.4) is 0 Å². The zero-order valence-electron chi connectivity index (χ0n) is 16.8. The number of hydrogen-bond donors (Lipinski definition) is 2. The summed E-state index contributed by atoms with van der Waals surface area (Å²) in [6.07, 6.45) is 2.70. The second-order valence-corrected chi connectivity index (χ2v) is 8.55. The lowest BCUT2D eigenvalue weighted by Gasteiger charge is -2.17. The zero-order valence-corrected chi connectivity index (χ0v) is 17.6. The molecule has 0 spiro atoms. The van der Waals surface area contributed by atoms with Crippen LogP contribution in [0.4, 0.5) is 18.9 Å². The summed E-state index contributed by atoms with van der Waals surface area (Å²) in [5.41, 5.74) is 6.96. The Bertz CT molecular complexity index is 1070. The van der Waals surface area contributed by atoms with Gasteiger partial charge in [-0.2, -0.15) is 5.10 Å². The van der Waals surface area contributed by atoms with E-state index in [4.69, 9.17) is 5.73 Å². The number of rotatable bonds is 4. The first kappa shape index (κ1) is 21.5. The normalized spacial score (nSPS) is 21.6. The Labute approximate surface area is 181 Å². The van der Waals surface area contributed by atoms with Crippen LogP contribution in [0.1, 0.15) is 47.8 Å². The van der Waals surface area contributed by atoms with E-state index in [0.717, 1.165) is 29.2 Å². The smallest absolute Gasteiger partial charge is 0.275 e. The number of thiazole rings is 1. The number of hydrogen-bond acceptors (Lipinski definition) is 5. The maximum atomic E-state index is 14.0. The molecule has 2 heterocycles. The molecule has 0 saturated heterocycles. The summed E-state index contributed by atoms with van der Waals surface area (Å²) in [6, 6.07) is 3.07. The lowest BCUT2D eigenvalue weighted by Crippen LogP contribution is -2.29. The van der Waals surface area contributed by atoms with Gasteiger partial charge in [-0.3, -0.25) is 9.48 Å². The molecular formula is C21H22F3N5OS. The van der Waals surface area contributed by atoms with E-state index in [-0.39, 0.29) is 22.2 Å². The van der Waals surface area contributed by atoms with Crippen molar-refractivity contribution in [2.45, 2.75) is 43.8 Å². The molecule has 0 unspecified atom stereocenters. The Morgan fingerprint density at radius 1 is 1.23 bits per heavy atom. The van der Waals surface area contributed by atoms with E-state index in [1.165, 1.54) is 17.6 Å². The molecule has 6 nitrogen and oxygen atoms in total. The van der Waals surface area contributed by atoms with E-state index in [1.807, 2.05) is 0 Å². The number of nitrogens with zero attached hydrogens (tertiary/aromatic N) is 3. The van der Waals surface area contributed by atoms with Gasteiger partial charge in [0.2, 0.25) is 0 Å². The van der Waals surface area contributed by atoms with Crippen LogP contribution in [0, 0.1) is 11.6 Å². The first-order valence-electron chi connectivity index (χ1n) is 9.98. The predicted molar refractivity (Wildman–Crippen MR) is 113 cm³/mol. The highest BCUT2D eigenvalue weighted by molar-refractivity contribution is 7.13. The average molecular weight is 450 g/mol. The molecule has 1 amide bonds. The summed E-state index contributed by atoms with van der Waals surface area (Å²) in [7, 11) is 1.77. The van der Waals surface area contributed by atoms with Gasteiger partial charge in [0, 0.05) is 24.4 Å². The molecule has 1 saturated carbocycles. The summed E-state index contributed by atoms with van der Waals surface area (Å²) in [4.78, 5) is 16.9. The number of nitrogens with one attached hydrogen (secondary N) is 1. The van der Waals surface area contributed by atoms with Gasteiger partial charge in [0.15, 0.2) is 0 Å². The van der Waals surface area contributed by atoms with E-state index in [2.05, 4.69) is 15.4 Å². The molecular weight excluding hydrogens is 427 g/mol. The molecule has 3 N–H and O–H groups in total. The zero-order chi connectivity index (χ0) is 22.1. The largest absolute Gasteiger partial charge is 0.325 e. The van der Waals surface area contributed by atoms with Gasteiger partial charge in [-0.15, -0.1) is 11.3 Å². The molecule has 0 radical (unpaired) electrons. The second-order valence-electron chi connectivity index (χ2n) is 7.69. The Morgan fingerprint density at radius 3 is 2.68 bits per heavy atom. The van der Waals surface area contributed by atoms with Crippen LogP contribution in [-0.4, -0.2) is 32.9 Å². The highest BCUT2D eigenvalue weighted by Crippen LogP contribution is 2.36. The summed E-state index contributed by atoms with van der Waals surface area (Å²) >= 11 is 0.982. The van der Waals surface area contributed by atoms with E-state index >= 15 is 0 Å². The Morgan fingerprint density at radius 2 is 1.94 bits per heavy atom. The minimum atomic E-state index is -1.04. The van der Waals surface area contributed by atoms with Crippen molar-refractivity contribution >= 4 is 22.9 Å². The van der Waals surface area contributed by atoms with Gasteiger partial charge in [0.1, 0.15) is 28.5 Å². The average Bonchev–Trinajstić information content (AvgIpc) is 3.31. The van der Waals surface area contributed by atoms with Crippen molar-refractivity contribution in [1.82, 2.24) is 14.8 Å². The van der Waals surface area contributed by atoms with Crippen LogP contribution in [0.25, 0.3) is 10.6 Å². The van der Waals surface area contributed by atoms with Crippen molar-refractivity contribution < 1.29 is 18.0 Å². The number of aryl methyl sites for hydroxylation is 1. The van der Waals surface area contributed by atoms with Gasteiger partial charge in [0.25, 0.3) is 5.91 Å². The van der Waals surface area contributed by atoms with Crippen molar-refractivity contribution in [3.8, 4) is 10.6 Å². The highest BCUT2D eigenvalue weighted by Gasteiger charge is 2.29. The Balaban J connectivity index is 1.55. The Kier molecular flexibility index (Phi) is 6.10. The van der Waals surface area contributed by atoms with Crippen LogP contribution in [-0.2, 0) is 7.05 Å². The fourth-order valence-electron chi connectivity index (χ4n) is 3.98. The third-order valence-corrected chi connectivity index (χ3v) is 6.50. The minimum absolute atomic E-state index is 0.00750. The van der Waals surface area contributed by atoms with Gasteiger partial charge in [-0.05, 0) is 37.8 Å². The molecule has 1 aliphatic rings. The molecule has 0 bridgehead atoms. The summed E-state index contributed by atoms with van der Waals surface area (Å²) in [5, 5.41) is 8.57. The maximum absolute atomic E-state index is 14.0. The van der Waals surface area contributed by atoms with Gasteiger partial charge in [0.05, 0.1) is 23.1 Å². The maximum Gasteiger partial charge on any atom is 0.275 e. The SMILES string of the molecule is Cn1ncc(NC(=O)c2csc(-c3c(F)cccc3F)n2)c1[C@H]1CC[C@@H](N)[C@@H](F)CC1. The van der Waals surface area contributed by atoms with Crippen molar-refractivity contribution in [1.29, 1.82) is 0 Å². The van der Waals surface area contributed by atoms with Crippen LogP contribution in [0.2, 0.25) is 0 Å². The van der Waals surface area contributed by atoms with E-state index in [1.54, 1.807) is 11.7 Å². The van der Waals surface area contributed by atoms with Gasteiger partial charge < -0.3 is 11.1 Å². The standard InChI is InChI=1S/C21H22F3N5OS/c1-29-19(11-5-7-12(22)15(25)8-6-11)16(9-26-29)27-20(30)17-10-31-21(28-17)18-13(23)3-2-4-14(18)24/h2-4,9-12,15H,5-8,25H2,1H3,(H,27,30)/t11-,12+,15-/m1/s1. The lowest BCUT2D eigenvalue weighted by atomic mass is 9.95. The summed E-state index contributed by atoms with van der Waals surface area (Å²) in [5.74, 6) is -1.99. The number of halogens is 3. The summed E-state index contributed by atoms with van der Waals surface area (Å²) in [6.45, 7) is 0. The number of alkyl halides is 1.